The maximum Gasteiger partial charge on any atom is 0.0779 e. The third-order valence-electron chi connectivity index (χ3n) is 4.33. The van der Waals surface area contributed by atoms with Gasteiger partial charge in [-0.15, -0.1) is 0 Å². The fourth-order valence-electron chi connectivity index (χ4n) is 3.22. The van der Waals surface area contributed by atoms with E-state index in [9.17, 15) is 0 Å². The van der Waals surface area contributed by atoms with E-state index in [-0.39, 0.29) is 0 Å². The van der Waals surface area contributed by atoms with Crippen LogP contribution in [-0.4, -0.2) is 25.3 Å². The van der Waals surface area contributed by atoms with Gasteiger partial charge in [0.2, 0.25) is 0 Å². The summed E-state index contributed by atoms with van der Waals surface area (Å²) < 4.78 is 5.91. The van der Waals surface area contributed by atoms with Gasteiger partial charge in [-0.25, -0.2) is 0 Å². The van der Waals surface area contributed by atoms with Crippen LogP contribution < -0.4 is 10.6 Å². The molecule has 18 heavy (non-hydrogen) atoms. The molecular weight excluding hydrogens is 224 g/mol. The molecule has 2 atom stereocenters. The lowest BCUT2D eigenvalue weighted by atomic mass is 9.89. The average Bonchev–Trinajstić information content (AvgIpc) is 2.41. The van der Waals surface area contributed by atoms with Crippen LogP contribution in [0.2, 0.25) is 0 Å². The second-order valence-electron chi connectivity index (χ2n) is 5.50. The number of nitrogens with zero attached hydrogens (tertiary/aromatic N) is 1. The van der Waals surface area contributed by atoms with Gasteiger partial charge in [-0.2, -0.15) is 0 Å². The number of hydrogen-bond acceptors (Lipinski definition) is 3. The standard InChI is InChI=1S/C15H22N2O/c1-11-6-7-12(10-13(11)16)17-8-9-18-15-5-3-2-4-14(15)17/h6-7,10,14-15H,2-5,8-9,16H2,1H3. The van der Waals surface area contributed by atoms with Crippen molar-refractivity contribution >= 4 is 11.4 Å². The van der Waals surface area contributed by atoms with Crippen molar-refractivity contribution < 1.29 is 4.74 Å². The first-order valence-electron chi connectivity index (χ1n) is 7.00. The molecule has 0 amide bonds. The second kappa shape index (κ2) is 4.81. The van der Waals surface area contributed by atoms with Gasteiger partial charge >= 0.3 is 0 Å². The molecule has 0 radical (unpaired) electrons. The maximum absolute atomic E-state index is 6.04. The van der Waals surface area contributed by atoms with E-state index >= 15 is 0 Å². The summed E-state index contributed by atoms with van der Waals surface area (Å²) in [6.45, 7) is 3.89. The number of nitrogen functional groups attached to an aromatic ring is 1. The SMILES string of the molecule is Cc1ccc(N2CCOC3CCCCC32)cc1N. The first kappa shape index (κ1) is 11.8. The zero-order valence-electron chi connectivity index (χ0n) is 11.1. The van der Waals surface area contributed by atoms with E-state index in [1.165, 1.54) is 31.4 Å². The highest BCUT2D eigenvalue weighted by Crippen LogP contribution is 2.33. The van der Waals surface area contributed by atoms with Gasteiger partial charge < -0.3 is 15.4 Å². The van der Waals surface area contributed by atoms with E-state index in [1.807, 2.05) is 0 Å². The Labute approximate surface area is 109 Å². The number of ether oxygens (including phenoxy) is 1. The molecule has 1 aliphatic carbocycles. The molecule has 1 heterocycles. The Hall–Kier alpha value is -1.22. The molecule has 0 aromatic heterocycles. The Bertz CT molecular complexity index is 431. The normalized spacial score (nSPS) is 27.9. The molecule has 2 unspecified atom stereocenters. The number of rotatable bonds is 1. The van der Waals surface area contributed by atoms with Gasteiger partial charge in [0.1, 0.15) is 0 Å². The van der Waals surface area contributed by atoms with E-state index in [0.29, 0.717) is 12.1 Å². The third-order valence-corrected chi connectivity index (χ3v) is 4.33. The molecule has 3 rings (SSSR count). The summed E-state index contributed by atoms with van der Waals surface area (Å²) in [5, 5.41) is 0. The Morgan fingerprint density at radius 1 is 1.28 bits per heavy atom. The molecule has 1 saturated heterocycles. The van der Waals surface area contributed by atoms with Gasteiger partial charge in [-0.1, -0.05) is 18.9 Å². The molecule has 3 nitrogen and oxygen atoms in total. The Morgan fingerprint density at radius 3 is 2.94 bits per heavy atom. The minimum absolute atomic E-state index is 0.426. The first-order valence-corrected chi connectivity index (χ1v) is 7.00. The van der Waals surface area contributed by atoms with Crippen LogP contribution in [0.4, 0.5) is 11.4 Å². The van der Waals surface area contributed by atoms with Crippen molar-refractivity contribution in [3.05, 3.63) is 23.8 Å². The van der Waals surface area contributed by atoms with Gasteiger partial charge in [-0.05, 0) is 37.5 Å². The van der Waals surface area contributed by atoms with Crippen LogP contribution in [0, 0.1) is 6.92 Å². The lowest BCUT2D eigenvalue weighted by Gasteiger charge is -2.45. The van der Waals surface area contributed by atoms with Gasteiger partial charge in [0, 0.05) is 17.9 Å². The molecule has 1 aromatic carbocycles. The van der Waals surface area contributed by atoms with Crippen LogP contribution in [-0.2, 0) is 4.74 Å². The van der Waals surface area contributed by atoms with Crippen LogP contribution in [0.25, 0.3) is 0 Å². The summed E-state index contributed by atoms with van der Waals surface area (Å²) in [5.41, 5.74) is 9.35. The molecular formula is C15H22N2O. The smallest absolute Gasteiger partial charge is 0.0779 e. The summed E-state index contributed by atoms with van der Waals surface area (Å²) >= 11 is 0. The molecule has 98 valence electrons. The van der Waals surface area contributed by atoms with Crippen molar-refractivity contribution in [2.75, 3.05) is 23.8 Å². The Morgan fingerprint density at radius 2 is 2.11 bits per heavy atom. The number of morpholine rings is 1. The van der Waals surface area contributed by atoms with Crippen molar-refractivity contribution in [1.82, 2.24) is 0 Å². The molecule has 1 aromatic rings. The minimum Gasteiger partial charge on any atom is -0.398 e. The Kier molecular flexibility index (Phi) is 3.16. The van der Waals surface area contributed by atoms with Gasteiger partial charge in [0.05, 0.1) is 18.8 Å². The largest absolute Gasteiger partial charge is 0.398 e. The van der Waals surface area contributed by atoms with Gasteiger partial charge in [0.15, 0.2) is 0 Å². The molecule has 0 bridgehead atoms. The molecule has 2 N–H and O–H groups in total. The van der Waals surface area contributed by atoms with Crippen molar-refractivity contribution in [2.24, 2.45) is 0 Å². The van der Waals surface area contributed by atoms with Crippen molar-refractivity contribution in [1.29, 1.82) is 0 Å². The summed E-state index contributed by atoms with van der Waals surface area (Å²) in [6, 6.07) is 6.99. The first-order chi connectivity index (χ1) is 8.75. The maximum atomic E-state index is 6.04. The molecule has 1 aliphatic heterocycles. The highest BCUT2D eigenvalue weighted by molar-refractivity contribution is 5.60. The predicted molar refractivity (Wildman–Crippen MR) is 74.9 cm³/mol. The van der Waals surface area contributed by atoms with Crippen LogP contribution in [0.5, 0.6) is 0 Å². The zero-order chi connectivity index (χ0) is 12.5. The van der Waals surface area contributed by atoms with Crippen LogP contribution >= 0.6 is 0 Å². The van der Waals surface area contributed by atoms with Crippen LogP contribution in [0.3, 0.4) is 0 Å². The van der Waals surface area contributed by atoms with E-state index in [2.05, 4.69) is 30.0 Å². The number of benzene rings is 1. The molecule has 2 fully saturated rings. The molecule has 3 heteroatoms. The van der Waals surface area contributed by atoms with Crippen molar-refractivity contribution in [3.8, 4) is 0 Å². The minimum atomic E-state index is 0.426. The molecule has 1 saturated carbocycles. The van der Waals surface area contributed by atoms with Crippen molar-refractivity contribution in [2.45, 2.75) is 44.8 Å². The quantitative estimate of drug-likeness (QED) is 0.774. The monoisotopic (exact) mass is 246 g/mol. The van der Waals surface area contributed by atoms with E-state index in [4.69, 9.17) is 10.5 Å². The highest BCUT2D eigenvalue weighted by Gasteiger charge is 2.34. The fourth-order valence-corrected chi connectivity index (χ4v) is 3.22. The second-order valence-corrected chi connectivity index (χ2v) is 5.50. The molecule has 2 aliphatic rings. The van der Waals surface area contributed by atoms with Gasteiger partial charge in [0.25, 0.3) is 0 Å². The number of anilines is 2. The average molecular weight is 246 g/mol. The third kappa shape index (κ3) is 2.07. The number of aryl methyl sites for hydroxylation is 1. The molecule has 0 spiro atoms. The van der Waals surface area contributed by atoms with Crippen LogP contribution in [0.15, 0.2) is 18.2 Å². The van der Waals surface area contributed by atoms with E-state index < -0.39 is 0 Å². The topological polar surface area (TPSA) is 38.5 Å². The number of fused-ring (bicyclic) bond motifs is 1. The number of nitrogens with two attached hydrogens (primary N) is 1. The summed E-state index contributed by atoms with van der Waals surface area (Å²) in [7, 11) is 0. The van der Waals surface area contributed by atoms with E-state index in [0.717, 1.165) is 24.4 Å². The summed E-state index contributed by atoms with van der Waals surface area (Å²) in [6.07, 6.45) is 5.52. The highest BCUT2D eigenvalue weighted by atomic mass is 16.5. The summed E-state index contributed by atoms with van der Waals surface area (Å²) in [5.74, 6) is 0. The summed E-state index contributed by atoms with van der Waals surface area (Å²) in [4.78, 5) is 2.50. The van der Waals surface area contributed by atoms with Crippen LogP contribution in [0.1, 0.15) is 31.2 Å². The van der Waals surface area contributed by atoms with Crippen molar-refractivity contribution in [3.63, 3.8) is 0 Å². The van der Waals surface area contributed by atoms with Gasteiger partial charge in [-0.3, -0.25) is 0 Å². The fraction of sp³-hybridized carbons (Fsp3) is 0.600. The number of hydrogen-bond donors (Lipinski definition) is 1. The lowest BCUT2D eigenvalue weighted by Crippen LogP contribution is -2.52. The zero-order valence-corrected chi connectivity index (χ0v) is 11.1. The lowest BCUT2D eigenvalue weighted by molar-refractivity contribution is -0.00867. The Balaban J connectivity index is 1.87. The van der Waals surface area contributed by atoms with E-state index in [1.54, 1.807) is 0 Å². The predicted octanol–water partition coefficient (Wildman–Crippen LogP) is 2.73.